The van der Waals surface area contributed by atoms with Gasteiger partial charge in [0.2, 0.25) is 0 Å². The number of hydrogen-bond donors (Lipinski definition) is 1. The molecule has 7 heteroatoms. The minimum atomic E-state index is -0.238. The van der Waals surface area contributed by atoms with E-state index >= 15 is 0 Å². The van der Waals surface area contributed by atoms with Gasteiger partial charge in [-0.05, 0) is 36.8 Å². The van der Waals surface area contributed by atoms with Crippen LogP contribution in [-0.4, -0.2) is 21.7 Å². The van der Waals surface area contributed by atoms with Gasteiger partial charge in [-0.1, -0.05) is 41.4 Å². The van der Waals surface area contributed by atoms with Gasteiger partial charge < -0.3 is 4.57 Å². The summed E-state index contributed by atoms with van der Waals surface area (Å²) in [6.07, 6.45) is 1.51. The summed E-state index contributed by atoms with van der Waals surface area (Å²) in [7, 11) is 0. The Morgan fingerprint density at radius 2 is 2.04 bits per heavy atom. The summed E-state index contributed by atoms with van der Waals surface area (Å²) in [6, 6.07) is 12.8. The summed E-state index contributed by atoms with van der Waals surface area (Å²) in [5, 5.41) is 4.85. The molecule has 3 rings (SSSR count). The first-order valence-electron chi connectivity index (χ1n) is 7.23. The standard InChI is InChI=1S/C17H14Cl2N4O/c1-11-21-15-4-2-3-5-16(15)23(11)10-17(24)22-20-9-12-6-7-13(18)14(19)8-12/h2-9H,10H2,1H3,(H,22,24)/b20-9-. The molecule has 0 saturated heterocycles. The molecule has 1 N–H and O–H groups in total. The monoisotopic (exact) mass is 360 g/mol. The third kappa shape index (κ3) is 3.58. The summed E-state index contributed by atoms with van der Waals surface area (Å²) in [5.41, 5.74) is 5.02. The van der Waals surface area contributed by atoms with Crippen LogP contribution in [0.2, 0.25) is 10.0 Å². The van der Waals surface area contributed by atoms with Crippen molar-refractivity contribution in [1.82, 2.24) is 15.0 Å². The van der Waals surface area contributed by atoms with E-state index in [9.17, 15) is 4.79 Å². The van der Waals surface area contributed by atoms with Crippen molar-refractivity contribution in [2.75, 3.05) is 0 Å². The molecule has 122 valence electrons. The number of benzene rings is 2. The molecule has 1 heterocycles. The van der Waals surface area contributed by atoms with Gasteiger partial charge in [-0.2, -0.15) is 5.10 Å². The molecular weight excluding hydrogens is 347 g/mol. The van der Waals surface area contributed by atoms with E-state index in [1.54, 1.807) is 18.2 Å². The summed E-state index contributed by atoms with van der Waals surface area (Å²) in [4.78, 5) is 16.5. The van der Waals surface area contributed by atoms with Gasteiger partial charge in [-0.25, -0.2) is 10.4 Å². The number of fused-ring (bicyclic) bond motifs is 1. The second kappa shape index (κ2) is 7.03. The molecule has 2 aromatic carbocycles. The van der Waals surface area contributed by atoms with E-state index in [4.69, 9.17) is 23.2 Å². The number of imidazole rings is 1. The number of nitrogens with zero attached hydrogens (tertiary/aromatic N) is 3. The zero-order chi connectivity index (χ0) is 17.1. The van der Waals surface area contributed by atoms with Gasteiger partial charge in [0.05, 0.1) is 27.3 Å². The third-order valence-electron chi connectivity index (χ3n) is 3.49. The Morgan fingerprint density at radius 1 is 1.25 bits per heavy atom. The molecule has 0 spiro atoms. The second-order valence-electron chi connectivity index (χ2n) is 5.20. The van der Waals surface area contributed by atoms with Crippen LogP contribution in [0.4, 0.5) is 0 Å². The Bertz CT molecular complexity index is 933. The summed E-state index contributed by atoms with van der Waals surface area (Å²) < 4.78 is 1.85. The minimum Gasteiger partial charge on any atom is -0.319 e. The highest BCUT2D eigenvalue weighted by Crippen LogP contribution is 2.21. The Hall–Kier alpha value is -2.37. The maximum absolute atomic E-state index is 12.1. The van der Waals surface area contributed by atoms with E-state index in [1.807, 2.05) is 35.8 Å². The van der Waals surface area contributed by atoms with Crippen molar-refractivity contribution in [3.63, 3.8) is 0 Å². The highest BCUT2D eigenvalue weighted by Gasteiger charge is 2.09. The van der Waals surface area contributed by atoms with Crippen molar-refractivity contribution in [2.24, 2.45) is 5.10 Å². The predicted octanol–water partition coefficient (Wildman–Crippen LogP) is 3.80. The lowest BCUT2D eigenvalue weighted by Crippen LogP contribution is -2.23. The maximum Gasteiger partial charge on any atom is 0.260 e. The quantitative estimate of drug-likeness (QED) is 0.568. The normalized spacial score (nSPS) is 11.3. The van der Waals surface area contributed by atoms with Crippen LogP contribution in [0.25, 0.3) is 11.0 Å². The fourth-order valence-corrected chi connectivity index (χ4v) is 2.65. The Balaban J connectivity index is 1.68. The highest BCUT2D eigenvalue weighted by atomic mass is 35.5. The van der Waals surface area contributed by atoms with Gasteiger partial charge in [-0.3, -0.25) is 4.79 Å². The van der Waals surface area contributed by atoms with Crippen LogP contribution in [-0.2, 0) is 11.3 Å². The van der Waals surface area contributed by atoms with Crippen molar-refractivity contribution in [3.8, 4) is 0 Å². The largest absolute Gasteiger partial charge is 0.319 e. The van der Waals surface area contributed by atoms with Gasteiger partial charge in [0.1, 0.15) is 12.4 Å². The van der Waals surface area contributed by atoms with Gasteiger partial charge >= 0.3 is 0 Å². The topological polar surface area (TPSA) is 59.3 Å². The molecule has 0 bridgehead atoms. The average molecular weight is 361 g/mol. The molecule has 3 aromatic rings. The number of hydrazone groups is 1. The molecule has 0 aliphatic carbocycles. The lowest BCUT2D eigenvalue weighted by Gasteiger charge is -2.05. The second-order valence-corrected chi connectivity index (χ2v) is 6.02. The Morgan fingerprint density at radius 3 is 2.83 bits per heavy atom. The molecule has 0 atom stereocenters. The molecule has 0 unspecified atom stereocenters. The number of hydrogen-bond acceptors (Lipinski definition) is 3. The number of aromatic nitrogens is 2. The molecular formula is C17H14Cl2N4O. The van der Waals surface area contributed by atoms with E-state index in [0.717, 1.165) is 22.4 Å². The van der Waals surface area contributed by atoms with Crippen molar-refractivity contribution in [1.29, 1.82) is 0 Å². The molecule has 0 fully saturated rings. The van der Waals surface area contributed by atoms with Gasteiger partial charge in [0, 0.05) is 0 Å². The number of carbonyl (C=O) groups is 1. The summed E-state index contributed by atoms with van der Waals surface area (Å²) >= 11 is 11.8. The van der Waals surface area contributed by atoms with Crippen molar-refractivity contribution < 1.29 is 4.79 Å². The number of amides is 1. The minimum absolute atomic E-state index is 0.144. The molecule has 0 saturated carbocycles. The smallest absolute Gasteiger partial charge is 0.260 e. The maximum atomic E-state index is 12.1. The van der Waals surface area contributed by atoms with Crippen LogP contribution in [0.15, 0.2) is 47.6 Å². The van der Waals surface area contributed by atoms with Crippen LogP contribution >= 0.6 is 23.2 Å². The molecule has 1 aromatic heterocycles. The lowest BCUT2D eigenvalue weighted by molar-refractivity contribution is -0.121. The van der Waals surface area contributed by atoms with Crippen LogP contribution in [0, 0.1) is 6.92 Å². The number of carbonyl (C=O) groups excluding carboxylic acids is 1. The van der Waals surface area contributed by atoms with Crippen LogP contribution in [0.5, 0.6) is 0 Å². The molecule has 24 heavy (non-hydrogen) atoms. The number of halogens is 2. The van der Waals surface area contributed by atoms with Crippen LogP contribution in [0.3, 0.4) is 0 Å². The molecule has 0 aliphatic rings. The first-order valence-corrected chi connectivity index (χ1v) is 7.99. The summed E-state index contributed by atoms with van der Waals surface area (Å²) in [5.74, 6) is 0.539. The van der Waals surface area contributed by atoms with E-state index in [-0.39, 0.29) is 12.5 Å². The number of rotatable bonds is 4. The first-order chi connectivity index (χ1) is 11.5. The lowest BCUT2D eigenvalue weighted by atomic mass is 10.2. The highest BCUT2D eigenvalue weighted by molar-refractivity contribution is 6.42. The van der Waals surface area contributed by atoms with E-state index < -0.39 is 0 Å². The van der Waals surface area contributed by atoms with E-state index in [0.29, 0.717) is 10.0 Å². The van der Waals surface area contributed by atoms with Crippen molar-refractivity contribution in [2.45, 2.75) is 13.5 Å². The van der Waals surface area contributed by atoms with Gasteiger partial charge in [0.15, 0.2) is 0 Å². The van der Waals surface area contributed by atoms with Gasteiger partial charge in [-0.15, -0.1) is 0 Å². The zero-order valence-electron chi connectivity index (χ0n) is 12.8. The molecule has 0 radical (unpaired) electrons. The first kappa shape index (κ1) is 16.5. The van der Waals surface area contributed by atoms with Crippen molar-refractivity contribution >= 4 is 46.4 Å². The third-order valence-corrected chi connectivity index (χ3v) is 4.23. The zero-order valence-corrected chi connectivity index (χ0v) is 14.3. The molecule has 5 nitrogen and oxygen atoms in total. The number of nitrogens with one attached hydrogen (secondary N) is 1. The SMILES string of the molecule is Cc1nc2ccccc2n1CC(=O)N/N=C\c1ccc(Cl)c(Cl)c1. The Labute approximate surface area is 148 Å². The number of para-hydroxylation sites is 2. The van der Waals surface area contributed by atoms with E-state index in [2.05, 4.69) is 15.5 Å². The average Bonchev–Trinajstić information content (AvgIpc) is 2.87. The van der Waals surface area contributed by atoms with Crippen LogP contribution < -0.4 is 5.43 Å². The molecule has 0 aliphatic heterocycles. The van der Waals surface area contributed by atoms with E-state index in [1.165, 1.54) is 6.21 Å². The Kier molecular flexibility index (Phi) is 4.83. The van der Waals surface area contributed by atoms with Crippen molar-refractivity contribution in [3.05, 3.63) is 63.9 Å². The fraction of sp³-hybridized carbons (Fsp3) is 0.118. The molecule has 1 amide bonds. The fourth-order valence-electron chi connectivity index (χ4n) is 2.35. The predicted molar refractivity (Wildman–Crippen MR) is 96.7 cm³/mol. The van der Waals surface area contributed by atoms with Gasteiger partial charge in [0.25, 0.3) is 5.91 Å². The number of aryl methyl sites for hydroxylation is 1. The van der Waals surface area contributed by atoms with Crippen LogP contribution in [0.1, 0.15) is 11.4 Å². The summed E-state index contributed by atoms with van der Waals surface area (Å²) in [6.45, 7) is 2.01.